The molecule has 0 heterocycles. The van der Waals surface area contributed by atoms with Crippen LogP contribution >= 0.6 is 0 Å². The average Bonchev–Trinajstić information content (AvgIpc) is 2.92. The fraction of sp³-hybridized carbons (Fsp3) is 0.719. The van der Waals surface area contributed by atoms with E-state index in [1.54, 1.807) is 0 Å². The second-order valence-electron chi connectivity index (χ2n) is 10.1. The third kappa shape index (κ3) is 21.2. The van der Waals surface area contributed by atoms with Crippen molar-refractivity contribution in [1.29, 1.82) is 0 Å². The highest BCUT2D eigenvalue weighted by Gasteiger charge is 2.28. The Kier molecular flexibility index (Phi) is 25.6. The van der Waals surface area contributed by atoms with E-state index in [-0.39, 0.29) is 0 Å². The summed E-state index contributed by atoms with van der Waals surface area (Å²) in [6, 6.07) is -1.01. The Labute approximate surface area is 232 Å². The molecule has 5 N–H and O–H groups in total. The first kappa shape index (κ1) is 36.3. The second-order valence-corrected chi connectivity index (χ2v) is 10.1. The lowest BCUT2D eigenvalue weighted by Gasteiger charge is -2.27. The van der Waals surface area contributed by atoms with Gasteiger partial charge in [-0.3, -0.25) is 4.79 Å². The molecule has 0 aromatic heterocycles. The Hall–Kier alpha value is -1.73. The van der Waals surface area contributed by atoms with E-state index < -0.39 is 36.9 Å². The van der Waals surface area contributed by atoms with Crippen molar-refractivity contribution in [3.63, 3.8) is 0 Å². The van der Waals surface area contributed by atoms with E-state index in [1.165, 1.54) is 19.3 Å². The molecule has 0 fully saturated rings. The summed E-state index contributed by atoms with van der Waals surface area (Å²) in [6.07, 6.45) is 28.7. The zero-order valence-corrected chi connectivity index (χ0v) is 24.1. The molecule has 0 aliphatic carbocycles. The molecular weight excluding hydrogens is 478 g/mol. The van der Waals surface area contributed by atoms with Gasteiger partial charge in [0.1, 0.15) is 12.2 Å². The molecule has 6 nitrogen and oxygen atoms in total. The highest BCUT2D eigenvalue weighted by Crippen LogP contribution is 2.12. The van der Waals surface area contributed by atoms with Gasteiger partial charge in [-0.25, -0.2) is 0 Å². The minimum atomic E-state index is -1.29. The number of rotatable bonds is 25. The van der Waals surface area contributed by atoms with Gasteiger partial charge in [0.05, 0.1) is 18.8 Å². The molecule has 0 bridgehead atoms. The maximum atomic E-state index is 12.3. The molecule has 0 aromatic carbocycles. The molecule has 0 saturated carbocycles. The normalized spacial score (nSPS) is 15.6. The van der Waals surface area contributed by atoms with Crippen molar-refractivity contribution < 1.29 is 25.2 Å². The van der Waals surface area contributed by atoms with Crippen molar-refractivity contribution in [2.75, 3.05) is 6.61 Å². The molecule has 0 aliphatic heterocycles. The maximum absolute atomic E-state index is 12.3. The Morgan fingerprint density at radius 1 is 0.711 bits per heavy atom. The highest BCUT2D eigenvalue weighted by atomic mass is 16.3. The van der Waals surface area contributed by atoms with E-state index in [0.29, 0.717) is 19.3 Å². The summed E-state index contributed by atoms with van der Waals surface area (Å²) < 4.78 is 0. The summed E-state index contributed by atoms with van der Waals surface area (Å²) in [5.41, 5.74) is 0. The van der Waals surface area contributed by atoms with Crippen molar-refractivity contribution in [3.8, 4) is 0 Å². The minimum absolute atomic E-state index is 0.339. The zero-order chi connectivity index (χ0) is 28.3. The van der Waals surface area contributed by atoms with Crippen molar-refractivity contribution in [2.45, 2.75) is 141 Å². The molecule has 4 unspecified atom stereocenters. The standard InChI is InChI=1S/C32H57NO5/c1-3-5-7-9-11-13-14-15-16-17-18-20-22-24-26-30(36)32(38)33-28(27-34)31(37)29(35)25-23-21-19-12-10-8-6-4-2/h4,6,11-15,19,28-31,34-37H,3,5,7-10,16-18,20-27H2,1-2H3,(H,33,38)/b6-4+,13-11-,15-14-,19-12+. The summed E-state index contributed by atoms with van der Waals surface area (Å²) in [6.45, 7) is 3.70. The highest BCUT2D eigenvalue weighted by molar-refractivity contribution is 5.80. The van der Waals surface area contributed by atoms with Gasteiger partial charge in [0, 0.05) is 0 Å². The third-order valence-corrected chi connectivity index (χ3v) is 6.61. The van der Waals surface area contributed by atoms with Gasteiger partial charge in [0.25, 0.3) is 0 Å². The topological polar surface area (TPSA) is 110 Å². The monoisotopic (exact) mass is 535 g/mol. The van der Waals surface area contributed by atoms with Crippen LogP contribution in [0, 0.1) is 0 Å². The third-order valence-electron chi connectivity index (χ3n) is 6.61. The van der Waals surface area contributed by atoms with E-state index in [4.69, 9.17) is 0 Å². The molecule has 0 aliphatic rings. The summed E-state index contributed by atoms with van der Waals surface area (Å²) in [7, 11) is 0. The van der Waals surface area contributed by atoms with Crippen LogP contribution in [-0.2, 0) is 4.79 Å². The number of nitrogens with one attached hydrogen (secondary N) is 1. The van der Waals surface area contributed by atoms with Crippen LogP contribution < -0.4 is 5.32 Å². The number of hydrogen-bond donors (Lipinski definition) is 5. The second kappa shape index (κ2) is 26.9. The zero-order valence-electron chi connectivity index (χ0n) is 24.1. The van der Waals surface area contributed by atoms with Gasteiger partial charge in [0.15, 0.2) is 0 Å². The number of aliphatic hydroxyl groups is 4. The Morgan fingerprint density at radius 2 is 1.29 bits per heavy atom. The van der Waals surface area contributed by atoms with Crippen LogP contribution in [0.2, 0.25) is 0 Å². The first-order valence-corrected chi connectivity index (χ1v) is 15.0. The van der Waals surface area contributed by atoms with E-state index in [2.05, 4.69) is 54.8 Å². The molecule has 38 heavy (non-hydrogen) atoms. The minimum Gasteiger partial charge on any atom is -0.394 e. The molecule has 6 heteroatoms. The van der Waals surface area contributed by atoms with Gasteiger partial charge >= 0.3 is 0 Å². The van der Waals surface area contributed by atoms with Gasteiger partial charge in [-0.05, 0) is 71.1 Å². The van der Waals surface area contributed by atoms with E-state index >= 15 is 0 Å². The number of amides is 1. The first-order chi connectivity index (χ1) is 18.5. The predicted octanol–water partition coefficient (Wildman–Crippen LogP) is 6.05. The number of aliphatic hydroxyl groups excluding tert-OH is 4. The van der Waals surface area contributed by atoms with Crippen molar-refractivity contribution in [2.24, 2.45) is 0 Å². The average molecular weight is 536 g/mol. The van der Waals surface area contributed by atoms with Crippen LogP contribution in [0.15, 0.2) is 48.6 Å². The van der Waals surface area contributed by atoms with Gasteiger partial charge < -0.3 is 25.7 Å². The lowest BCUT2D eigenvalue weighted by Crippen LogP contribution is -2.53. The predicted molar refractivity (Wildman–Crippen MR) is 159 cm³/mol. The smallest absolute Gasteiger partial charge is 0.249 e. The molecule has 0 radical (unpaired) electrons. The van der Waals surface area contributed by atoms with Crippen LogP contribution in [0.25, 0.3) is 0 Å². The van der Waals surface area contributed by atoms with E-state index in [1.807, 2.05) is 13.0 Å². The molecule has 0 spiro atoms. The lowest BCUT2D eigenvalue weighted by atomic mass is 10.00. The van der Waals surface area contributed by atoms with Crippen molar-refractivity contribution in [3.05, 3.63) is 48.6 Å². The van der Waals surface area contributed by atoms with Gasteiger partial charge in [-0.2, -0.15) is 0 Å². The van der Waals surface area contributed by atoms with Crippen LogP contribution in [-0.4, -0.2) is 57.3 Å². The van der Waals surface area contributed by atoms with Crippen molar-refractivity contribution >= 4 is 5.91 Å². The molecule has 0 rings (SSSR count). The summed E-state index contributed by atoms with van der Waals surface area (Å²) in [5, 5.41) is 42.9. The molecular formula is C32H57NO5. The van der Waals surface area contributed by atoms with Crippen LogP contribution in [0.1, 0.15) is 117 Å². The summed E-state index contributed by atoms with van der Waals surface area (Å²) >= 11 is 0. The quantitative estimate of drug-likeness (QED) is 0.0555. The van der Waals surface area contributed by atoms with E-state index in [0.717, 1.165) is 64.2 Å². The lowest BCUT2D eigenvalue weighted by molar-refractivity contribution is -0.132. The fourth-order valence-corrected chi connectivity index (χ4v) is 4.12. The SMILES string of the molecule is C/C=C/CC/C=C/CCCC(O)C(O)C(CO)NC(=O)C(O)CCCCCCC/C=C\C=C/CCCCC. The number of carbonyl (C=O) groups excluding carboxylic acids is 1. The Bertz CT molecular complexity index is 658. The number of carbonyl (C=O) groups is 1. The van der Waals surface area contributed by atoms with Gasteiger partial charge in [-0.15, -0.1) is 0 Å². The molecule has 0 aromatic rings. The van der Waals surface area contributed by atoms with E-state index in [9.17, 15) is 25.2 Å². The Morgan fingerprint density at radius 3 is 1.95 bits per heavy atom. The van der Waals surface area contributed by atoms with Gasteiger partial charge in [-0.1, -0.05) is 94.1 Å². The van der Waals surface area contributed by atoms with Crippen LogP contribution in [0.3, 0.4) is 0 Å². The van der Waals surface area contributed by atoms with Crippen LogP contribution in [0.4, 0.5) is 0 Å². The largest absolute Gasteiger partial charge is 0.394 e. The molecule has 1 amide bonds. The summed E-state index contributed by atoms with van der Waals surface area (Å²) in [4.78, 5) is 12.3. The van der Waals surface area contributed by atoms with Gasteiger partial charge in [0.2, 0.25) is 5.91 Å². The molecule has 0 saturated heterocycles. The number of hydrogen-bond acceptors (Lipinski definition) is 5. The number of allylic oxidation sites excluding steroid dienone is 8. The summed E-state index contributed by atoms with van der Waals surface area (Å²) in [5.74, 6) is -0.618. The molecule has 220 valence electrons. The molecule has 4 atom stereocenters. The first-order valence-electron chi connectivity index (χ1n) is 15.0. The Balaban J connectivity index is 3.99. The maximum Gasteiger partial charge on any atom is 0.249 e. The van der Waals surface area contributed by atoms with Crippen molar-refractivity contribution in [1.82, 2.24) is 5.32 Å². The fourth-order valence-electron chi connectivity index (χ4n) is 4.12. The number of unbranched alkanes of at least 4 members (excludes halogenated alkanes) is 10. The van der Waals surface area contributed by atoms with Crippen LogP contribution in [0.5, 0.6) is 0 Å².